The van der Waals surface area contributed by atoms with Gasteiger partial charge in [-0.25, -0.2) is 18.7 Å². The third-order valence-electron chi connectivity index (χ3n) is 5.20. The number of nitrogens with one attached hydrogen (secondary N) is 1. The van der Waals surface area contributed by atoms with Crippen molar-refractivity contribution in [3.63, 3.8) is 0 Å². The van der Waals surface area contributed by atoms with Crippen molar-refractivity contribution in [3.8, 4) is 0 Å². The highest BCUT2D eigenvalue weighted by Gasteiger charge is 2.41. The standard InChI is InChI=1S/C20H21F5N4O3/c1-12-26-9-13(10-27-12)15(29-7-5-19(21,22)6-8-29)11-28-18(31)14-3-2-4-16(30)17(14)32-20(23,24)25/h2-4,9-10,15,17H,5-8,11H2,1H3,(H,28,31). The van der Waals surface area contributed by atoms with Crippen molar-refractivity contribution in [2.75, 3.05) is 19.6 Å². The van der Waals surface area contributed by atoms with E-state index in [9.17, 15) is 31.5 Å². The fourth-order valence-electron chi connectivity index (χ4n) is 3.51. The average molecular weight is 460 g/mol. The first-order valence-corrected chi connectivity index (χ1v) is 9.80. The minimum Gasteiger partial charge on any atom is -0.350 e. The van der Waals surface area contributed by atoms with Gasteiger partial charge >= 0.3 is 6.36 Å². The molecule has 2 unspecified atom stereocenters. The Hall–Kier alpha value is -2.73. The summed E-state index contributed by atoms with van der Waals surface area (Å²) in [6.07, 6.45) is -1.84. The van der Waals surface area contributed by atoms with Crippen LogP contribution < -0.4 is 5.32 Å². The lowest BCUT2D eigenvalue weighted by Crippen LogP contribution is -2.46. The maximum atomic E-state index is 13.6. The van der Waals surface area contributed by atoms with Crippen LogP contribution in [0.15, 0.2) is 36.2 Å². The Labute approximate surface area is 180 Å². The number of hydrogen-bond donors (Lipinski definition) is 1. The largest absolute Gasteiger partial charge is 0.523 e. The van der Waals surface area contributed by atoms with Gasteiger partial charge < -0.3 is 5.32 Å². The van der Waals surface area contributed by atoms with Crippen LogP contribution in [0.3, 0.4) is 0 Å². The van der Waals surface area contributed by atoms with Crippen molar-refractivity contribution in [3.05, 3.63) is 47.6 Å². The second-order valence-corrected chi connectivity index (χ2v) is 7.51. The van der Waals surface area contributed by atoms with E-state index in [0.717, 1.165) is 18.2 Å². The van der Waals surface area contributed by atoms with Gasteiger partial charge in [-0.1, -0.05) is 12.2 Å². The number of ether oxygens (including phenoxy) is 1. The molecule has 0 spiro atoms. The van der Waals surface area contributed by atoms with E-state index in [1.165, 1.54) is 12.4 Å². The van der Waals surface area contributed by atoms with Gasteiger partial charge in [-0.2, -0.15) is 0 Å². The number of carbonyl (C=O) groups is 2. The number of amides is 1. The van der Waals surface area contributed by atoms with Crippen LogP contribution in [0.1, 0.15) is 30.3 Å². The van der Waals surface area contributed by atoms with Crippen LogP contribution in [0.5, 0.6) is 0 Å². The summed E-state index contributed by atoms with van der Waals surface area (Å²) in [4.78, 5) is 34.4. The van der Waals surface area contributed by atoms with E-state index in [1.54, 1.807) is 11.8 Å². The first-order valence-electron chi connectivity index (χ1n) is 9.80. The summed E-state index contributed by atoms with van der Waals surface area (Å²) in [7, 11) is 0. The molecular weight excluding hydrogens is 439 g/mol. The molecule has 1 saturated heterocycles. The molecule has 1 aliphatic carbocycles. The van der Waals surface area contributed by atoms with Gasteiger partial charge in [0.15, 0.2) is 11.9 Å². The molecule has 3 rings (SSSR count). The van der Waals surface area contributed by atoms with Gasteiger partial charge in [0.05, 0.1) is 11.6 Å². The summed E-state index contributed by atoms with van der Waals surface area (Å²) in [5.74, 6) is -4.24. The van der Waals surface area contributed by atoms with Crippen molar-refractivity contribution < 1.29 is 36.3 Å². The molecule has 0 bridgehead atoms. The zero-order valence-corrected chi connectivity index (χ0v) is 17.0. The topological polar surface area (TPSA) is 84.4 Å². The molecule has 174 valence electrons. The molecule has 2 aliphatic rings. The fourth-order valence-corrected chi connectivity index (χ4v) is 3.51. The second kappa shape index (κ2) is 9.41. The molecule has 0 radical (unpaired) electrons. The van der Waals surface area contributed by atoms with E-state index in [0.29, 0.717) is 11.4 Å². The smallest absolute Gasteiger partial charge is 0.350 e. The quantitative estimate of drug-likeness (QED) is 0.658. The number of alkyl halides is 5. The third kappa shape index (κ3) is 6.16. The second-order valence-electron chi connectivity index (χ2n) is 7.51. The van der Waals surface area contributed by atoms with E-state index in [2.05, 4.69) is 20.0 Å². The summed E-state index contributed by atoms with van der Waals surface area (Å²) in [5, 5.41) is 2.49. The lowest BCUT2D eigenvalue weighted by atomic mass is 9.98. The predicted octanol–water partition coefficient (Wildman–Crippen LogP) is 2.64. The monoisotopic (exact) mass is 460 g/mol. The third-order valence-corrected chi connectivity index (χ3v) is 5.20. The number of piperidine rings is 1. The molecule has 1 fully saturated rings. The number of allylic oxidation sites excluding steroid dienone is 2. The predicted molar refractivity (Wildman–Crippen MR) is 101 cm³/mol. The normalized spacial score (nSPS) is 22.4. The molecule has 1 aromatic rings. The van der Waals surface area contributed by atoms with Crippen molar-refractivity contribution in [1.29, 1.82) is 0 Å². The van der Waals surface area contributed by atoms with Gasteiger partial charge in [0.2, 0.25) is 5.91 Å². The minimum atomic E-state index is -5.12. The van der Waals surface area contributed by atoms with Gasteiger partial charge in [-0.05, 0) is 13.0 Å². The number of ketones is 1. The first-order chi connectivity index (χ1) is 15.0. The van der Waals surface area contributed by atoms with Crippen LogP contribution in [0.25, 0.3) is 0 Å². The highest BCUT2D eigenvalue weighted by molar-refractivity contribution is 6.07. The molecular formula is C20H21F5N4O3. The summed E-state index contributed by atoms with van der Waals surface area (Å²) in [6, 6.07) is -0.590. The van der Waals surface area contributed by atoms with Gasteiger partial charge in [0.1, 0.15) is 5.82 Å². The van der Waals surface area contributed by atoms with Crippen LogP contribution in [0.2, 0.25) is 0 Å². The van der Waals surface area contributed by atoms with Crippen molar-refractivity contribution in [2.45, 2.75) is 44.2 Å². The van der Waals surface area contributed by atoms with Crippen LogP contribution >= 0.6 is 0 Å². The van der Waals surface area contributed by atoms with Gasteiger partial charge in [-0.15, -0.1) is 13.2 Å². The Bertz CT molecular complexity index is 905. The number of halogens is 5. The molecule has 1 amide bonds. The molecule has 1 aromatic heterocycles. The molecule has 2 atom stereocenters. The Morgan fingerprint density at radius 3 is 2.50 bits per heavy atom. The number of rotatable bonds is 6. The molecule has 1 N–H and O–H groups in total. The van der Waals surface area contributed by atoms with E-state index in [4.69, 9.17) is 0 Å². The van der Waals surface area contributed by atoms with E-state index < -0.39 is 41.7 Å². The Balaban J connectivity index is 1.75. The van der Waals surface area contributed by atoms with E-state index >= 15 is 0 Å². The lowest BCUT2D eigenvalue weighted by molar-refractivity contribution is -0.332. The highest BCUT2D eigenvalue weighted by Crippen LogP contribution is 2.32. The van der Waals surface area contributed by atoms with Gasteiger partial charge in [0.25, 0.3) is 5.92 Å². The maximum Gasteiger partial charge on any atom is 0.523 e. The van der Waals surface area contributed by atoms with E-state index in [1.807, 2.05) is 0 Å². The van der Waals surface area contributed by atoms with Crippen molar-refractivity contribution in [2.24, 2.45) is 0 Å². The molecule has 1 aliphatic heterocycles. The minimum absolute atomic E-state index is 0.0468. The molecule has 0 aromatic carbocycles. The number of nitrogens with zero attached hydrogens (tertiary/aromatic N) is 3. The van der Waals surface area contributed by atoms with Crippen molar-refractivity contribution in [1.82, 2.24) is 20.2 Å². The number of hydrogen-bond acceptors (Lipinski definition) is 6. The molecule has 2 heterocycles. The lowest BCUT2D eigenvalue weighted by Gasteiger charge is -2.37. The summed E-state index contributed by atoms with van der Waals surface area (Å²) in [5.41, 5.74) is 0.0525. The molecule has 32 heavy (non-hydrogen) atoms. The SMILES string of the molecule is Cc1ncc(C(CNC(=O)C2=CC=CC(=O)C2OC(F)(F)F)N2CCC(F)(F)CC2)cn1. The molecule has 7 nitrogen and oxygen atoms in total. The first kappa shape index (κ1) is 23.9. The average Bonchev–Trinajstić information content (AvgIpc) is 2.70. The van der Waals surface area contributed by atoms with Crippen LogP contribution in [0.4, 0.5) is 22.0 Å². The summed E-state index contributed by atoms with van der Waals surface area (Å²) < 4.78 is 69.1. The summed E-state index contributed by atoms with van der Waals surface area (Å²) in [6.45, 7) is 1.64. The van der Waals surface area contributed by atoms with Crippen LogP contribution in [-0.4, -0.2) is 64.6 Å². The zero-order chi connectivity index (χ0) is 23.5. The number of aryl methyl sites for hydroxylation is 1. The van der Waals surface area contributed by atoms with Crippen molar-refractivity contribution >= 4 is 11.7 Å². The van der Waals surface area contributed by atoms with Crippen LogP contribution in [0, 0.1) is 6.92 Å². The van der Waals surface area contributed by atoms with Gasteiger partial charge in [0, 0.05) is 50.4 Å². The zero-order valence-electron chi connectivity index (χ0n) is 17.0. The number of aromatic nitrogens is 2. The fraction of sp³-hybridized carbons (Fsp3) is 0.500. The Morgan fingerprint density at radius 1 is 1.28 bits per heavy atom. The number of likely N-dealkylation sites (tertiary alicyclic amines) is 1. The highest BCUT2D eigenvalue weighted by atomic mass is 19.4. The summed E-state index contributed by atoms with van der Waals surface area (Å²) >= 11 is 0. The van der Waals surface area contributed by atoms with E-state index in [-0.39, 0.29) is 32.5 Å². The maximum absolute atomic E-state index is 13.6. The van der Waals surface area contributed by atoms with Gasteiger partial charge in [-0.3, -0.25) is 19.2 Å². The molecule has 0 saturated carbocycles. The van der Waals surface area contributed by atoms with Crippen LogP contribution in [-0.2, 0) is 14.3 Å². The Kier molecular flexibility index (Phi) is 7.03. The number of carbonyl (C=O) groups excluding carboxylic acids is 2. The molecule has 12 heteroatoms. The Morgan fingerprint density at radius 2 is 1.91 bits per heavy atom.